The Morgan fingerprint density at radius 1 is 0.508 bits per heavy atom. The number of hydrogen-bond donors (Lipinski definition) is 2. The smallest absolute Gasteiger partial charge is 0.268 e. The lowest BCUT2D eigenvalue weighted by atomic mass is 10.0. The highest BCUT2D eigenvalue weighted by molar-refractivity contribution is 7.45. The molecular formula is C52H107N2O6P. The van der Waals surface area contributed by atoms with E-state index in [0.717, 1.165) is 38.5 Å². The van der Waals surface area contributed by atoms with Crippen molar-refractivity contribution >= 4 is 13.7 Å². The van der Waals surface area contributed by atoms with Gasteiger partial charge in [-0.15, -0.1) is 0 Å². The average Bonchev–Trinajstić information content (AvgIpc) is 3.21. The Morgan fingerprint density at radius 3 is 1.11 bits per heavy atom. The number of phosphoric acid groups is 1. The number of hydrogen-bond acceptors (Lipinski definition) is 6. The zero-order chi connectivity index (χ0) is 45.0. The molecule has 0 saturated carbocycles. The topological polar surface area (TPSA) is 108 Å². The Labute approximate surface area is 380 Å². The predicted octanol–water partition coefficient (Wildman–Crippen LogP) is 15.1. The first-order valence-corrected chi connectivity index (χ1v) is 28.3. The summed E-state index contributed by atoms with van der Waals surface area (Å²) in [6, 6.07) is -0.793. The second-order valence-electron chi connectivity index (χ2n) is 20.0. The molecule has 0 aromatic heterocycles. The van der Waals surface area contributed by atoms with Crippen LogP contribution in [0, 0.1) is 0 Å². The van der Waals surface area contributed by atoms with Gasteiger partial charge in [-0.05, 0) is 12.8 Å². The third-order valence-electron chi connectivity index (χ3n) is 12.6. The number of nitrogens with one attached hydrogen (secondary N) is 1. The summed E-state index contributed by atoms with van der Waals surface area (Å²) in [4.78, 5) is 25.4. The molecule has 3 atom stereocenters. The molecular weight excluding hydrogens is 780 g/mol. The van der Waals surface area contributed by atoms with Crippen molar-refractivity contribution in [1.29, 1.82) is 0 Å². The Hall–Kier alpha value is -0.500. The molecule has 61 heavy (non-hydrogen) atoms. The minimum atomic E-state index is -4.56. The third kappa shape index (κ3) is 47.3. The number of rotatable bonds is 50. The number of phosphoric ester groups is 1. The van der Waals surface area contributed by atoms with Crippen LogP contribution in [-0.2, 0) is 18.4 Å². The molecule has 0 heterocycles. The van der Waals surface area contributed by atoms with Crippen LogP contribution in [0.1, 0.15) is 277 Å². The minimum Gasteiger partial charge on any atom is -0.756 e. The summed E-state index contributed by atoms with van der Waals surface area (Å²) in [6.45, 7) is 4.74. The fourth-order valence-electron chi connectivity index (χ4n) is 8.34. The molecule has 0 spiro atoms. The van der Waals surface area contributed by atoms with Gasteiger partial charge in [0.2, 0.25) is 5.91 Å². The van der Waals surface area contributed by atoms with Gasteiger partial charge in [0.1, 0.15) is 13.2 Å². The lowest BCUT2D eigenvalue weighted by molar-refractivity contribution is -0.870. The molecule has 0 aromatic carbocycles. The number of likely N-dealkylation sites (N-methyl/N-ethyl adjacent to an activating group) is 1. The Bertz CT molecular complexity index is 963. The van der Waals surface area contributed by atoms with Gasteiger partial charge in [0, 0.05) is 6.42 Å². The van der Waals surface area contributed by atoms with Crippen LogP contribution in [0.4, 0.5) is 0 Å². The van der Waals surface area contributed by atoms with E-state index in [-0.39, 0.29) is 19.1 Å². The van der Waals surface area contributed by atoms with Crippen molar-refractivity contribution in [2.75, 3.05) is 40.9 Å². The van der Waals surface area contributed by atoms with Gasteiger partial charge < -0.3 is 28.8 Å². The molecule has 0 aliphatic carbocycles. The zero-order valence-corrected chi connectivity index (χ0v) is 42.5. The van der Waals surface area contributed by atoms with Crippen LogP contribution in [0.2, 0.25) is 0 Å². The van der Waals surface area contributed by atoms with Crippen LogP contribution in [-0.4, -0.2) is 68.5 Å². The molecule has 0 aliphatic rings. The quantitative estimate of drug-likeness (QED) is 0.0358. The van der Waals surface area contributed by atoms with E-state index < -0.39 is 20.0 Å². The number of aliphatic hydroxyl groups is 1. The standard InChI is InChI=1S/C52H107N2O6P/c1-6-8-10-12-14-16-18-19-20-21-22-23-24-25-26-27-28-29-30-31-32-33-34-35-36-38-40-42-44-46-52(56)53-50(49-60-61(57,58)59-48-47-54(3,4)5)51(55)45-43-41-39-37-17-15-13-11-9-7-2/h50-51,55H,6-49H2,1-5H3,(H-,53,56,57,58). The van der Waals surface area contributed by atoms with Gasteiger partial charge in [0.05, 0.1) is 39.9 Å². The first-order valence-electron chi connectivity index (χ1n) is 26.9. The number of unbranched alkanes of at least 4 members (excludes halogenated alkanes) is 37. The van der Waals surface area contributed by atoms with Crippen LogP contribution in [0.5, 0.6) is 0 Å². The van der Waals surface area contributed by atoms with Crippen LogP contribution < -0.4 is 10.2 Å². The SMILES string of the molecule is CCCCCCCCCCCCCCCCCCCCCCCCCCCCCCCC(=O)NC(COP(=O)([O-])OCC[N+](C)(C)C)C(O)CCCCCCCCCCCC. The molecule has 0 radical (unpaired) electrons. The Kier molecular flexibility index (Phi) is 44.3. The van der Waals surface area contributed by atoms with Gasteiger partial charge in [-0.25, -0.2) is 0 Å². The Morgan fingerprint density at radius 2 is 0.803 bits per heavy atom. The van der Waals surface area contributed by atoms with E-state index in [1.54, 1.807) is 0 Å². The molecule has 366 valence electrons. The van der Waals surface area contributed by atoms with Crippen molar-refractivity contribution in [1.82, 2.24) is 5.32 Å². The molecule has 0 rings (SSSR count). The Balaban J connectivity index is 3.95. The summed E-state index contributed by atoms with van der Waals surface area (Å²) in [5, 5.41) is 13.9. The maximum atomic E-state index is 12.9. The first kappa shape index (κ1) is 60.5. The van der Waals surface area contributed by atoms with E-state index in [2.05, 4.69) is 19.2 Å². The lowest BCUT2D eigenvalue weighted by Gasteiger charge is -2.30. The van der Waals surface area contributed by atoms with Crippen molar-refractivity contribution in [2.24, 2.45) is 0 Å². The maximum Gasteiger partial charge on any atom is 0.268 e. The highest BCUT2D eigenvalue weighted by atomic mass is 31.2. The van der Waals surface area contributed by atoms with Gasteiger partial charge in [0.15, 0.2) is 0 Å². The van der Waals surface area contributed by atoms with Crippen molar-refractivity contribution in [3.05, 3.63) is 0 Å². The number of nitrogens with zero attached hydrogens (tertiary/aromatic N) is 1. The number of quaternary nitrogens is 1. The van der Waals surface area contributed by atoms with Crippen molar-refractivity contribution in [3.8, 4) is 0 Å². The summed E-state index contributed by atoms with van der Waals surface area (Å²) >= 11 is 0. The van der Waals surface area contributed by atoms with Crippen molar-refractivity contribution < 1.29 is 32.9 Å². The summed E-state index contributed by atoms with van der Waals surface area (Å²) in [5.74, 6) is -0.160. The molecule has 9 heteroatoms. The average molecular weight is 887 g/mol. The second kappa shape index (κ2) is 44.7. The second-order valence-corrected chi connectivity index (χ2v) is 21.4. The summed E-state index contributed by atoms with van der Waals surface area (Å²) in [5.41, 5.74) is 0. The summed E-state index contributed by atoms with van der Waals surface area (Å²) in [6.07, 6.45) is 51.5. The molecule has 8 nitrogen and oxygen atoms in total. The molecule has 2 N–H and O–H groups in total. The van der Waals surface area contributed by atoms with Gasteiger partial charge in [0.25, 0.3) is 7.82 Å². The number of carbonyl (C=O) groups is 1. The van der Waals surface area contributed by atoms with E-state index in [9.17, 15) is 19.4 Å². The molecule has 0 bridgehead atoms. The highest BCUT2D eigenvalue weighted by Crippen LogP contribution is 2.38. The van der Waals surface area contributed by atoms with Crippen LogP contribution in [0.3, 0.4) is 0 Å². The van der Waals surface area contributed by atoms with Gasteiger partial charge in [-0.2, -0.15) is 0 Å². The molecule has 1 amide bonds. The normalized spacial score (nSPS) is 14.0. The van der Waals surface area contributed by atoms with Crippen molar-refractivity contribution in [3.63, 3.8) is 0 Å². The maximum absolute atomic E-state index is 12.9. The van der Waals surface area contributed by atoms with Crippen LogP contribution in [0.25, 0.3) is 0 Å². The van der Waals surface area contributed by atoms with E-state index in [4.69, 9.17) is 9.05 Å². The van der Waals surface area contributed by atoms with Crippen LogP contribution >= 0.6 is 7.82 Å². The van der Waals surface area contributed by atoms with Gasteiger partial charge in [-0.1, -0.05) is 258 Å². The van der Waals surface area contributed by atoms with Gasteiger partial charge >= 0.3 is 0 Å². The lowest BCUT2D eigenvalue weighted by Crippen LogP contribution is -2.46. The largest absolute Gasteiger partial charge is 0.756 e. The predicted molar refractivity (Wildman–Crippen MR) is 261 cm³/mol. The molecule has 0 aliphatic heterocycles. The third-order valence-corrected chi connectivity index (χ3v) is 13.6. The first-order chi connectivity index (χ1) is 29.5. The summed E-state index contributed by atoms with van der Waals surface area (Å²) < 4.78 is 23.3. The number of aliphatic hydroxyl groups excluding tert-OH is 1. The minimum absolute atomic E-state index is 0.0160. The van der Waals surface area contributed by atoms with E-state index in [1.807, 2.05) is 21.1 Å². The highest BCUT2D eigenvalue weighted by Gasteiger charge is 2.24. The zero-order valence-electron chi connectivity index (χ0n) is 41.7. The molecule has 3 unspecified atom stereocenters. The monoisotopic (exact) mass is 887 g/mol. The van der Waals surface area contributed by atoms with Crippen LogP contribution in [0.15, 0.2) is 0 Å². The molecule has 0 saturated heterocycles. The molecule has 0 fully saturated rings. The summed E-state index contributed by atoms with van der Waals surface area (Å²) in [7, 11) is 1.32. The van der Waals surface area contributed by atoms with Gasteiger partial charge in [-0.3, -0.25) is 9.36 Å². The fourth-order valence-corrected chi connectivity index (χ4v) is 9.06. The van der Waals surface area contributed by atoms with E-state index >= 15 is 0 Å². The number of carbonyl (C=O) groups excluding carboxylic acids is 1. The fraction of sp³-hybridized carbons (Fsp3) is 0.981. The molecule has 0 aromatic rings. The van der Waals surface area contributed by atoms with E-state index in [0.29, 0.717) is 23.9 Å². The number of amides is 1. The van der Waals surface area contributed by atoms with E-state index in [1.165, 1.54) is 212 Å². The van der Waals surface area contributed by atoms with Crippen molar-refractivity contribution in [2.45, 2.75) is 289 Å².